The lowest BCUT2D eigenvalue weighted by molar-refractivity contribution is -0.122. The van der Waals surface area contributed by atoms with Crippen LogP contribution in [0.4, 0.5) is 0 Å². The Morgan fingerprint density at radius 2 is 1.56 bits per heavy atom. The number of hydrogen-bond donors (Lipinski definition) is 0. The van der Waals surface area contributed by atoms with Crippen molar-refractivity contribution in [1.82, 2.24) is 0 Å². The Morgan fingerprint density at radius 1 is 0.944 bits per heavy atom. The number of hydrogen-bond acceptors (Lipinski definition) is 1. The fraction of sp³-hybridized carbons (Fsp3) is 0.588. The number of aldehydes is 1. The highest BCUT2D eigenvalue weighted by atomic mass is 16.1. The van der Waals surface area contributed by atoms with E-state index < -0.39 is 0 Å². The monoisotopic (exact) mass is 242 g/mol. The first kappa shape index (κ1) is 12.0. The summed E-state index contributed by atoms with van der Waals surface area (Å²) in [5.41, 5.74) is 4.72. The molecule has 18 heavy (non-hydrogen) atoms. The number of rotatable bonds is 2. The molecule has 0 aliphatic heterocycles. The Hall–Kier alpha value is -1.11. The van der Waals surface area contributed by atoms with Crippen molar-refractivity contribution in [3.05, 3.63) is 34.9 Å². The summed E-state index contributed by atoms with van der Waals surface area (Å²) >= 11 is 0. The molecule has 0 radical (unpaired) electrons. The Bertz CT molecular complexity index is 462. The number of carbonyl (C=O) groups excluding carboxylic acids is 1. The second-order valence-electron chi connectivity index (χ2n) is 6.56. The Balaban J connectivity index is 1.93. The first-order valence-electron chi connectivity index (χ1n) is 7.13. The SMILES string of the molecule is Cc1ccc(C23CCC(C=O)(CC2)CC3)cc1C. The van der Waals surface area contributed by atoms with Crippen LogP contribution in [-0.2, 0) is 10.2 Å². The molecule has 0 spiro atoms. The van der Waals surface area contributed by atoms with Crippen LogP contribution in [0.15, 0.2) is 18.2 Å². The maximum Gasteiger partial charge on any atom is 0.126 e. The van der Waals surface area contributed by atoms with Gasteiger partial charge >= 0.3 is 0 Å². The normalized spacial score (nSPS) is 34.6. The Morgan fingerprint density at radius 3 is 2.06 bits per heavy atom. The van der Waals surface area contributed by atoms with Gasteiger partial charge in [0.05, 0.1) is 0 Å². The molecule has 0 aromatic heterocycles. The van der Waals surface area contributed by atoms with Crippen LogP contribution in [-0.4, -0.2) is 6.29 Å². The van der Waals surface area contributed by atoms with Gasteiger partial charge in [0.2, 0.25) is 0 Å². The molecule has 3 fully saturated rings. The highest BCUT2D eigenvalue weighted by Gasteiger charge is 2.49. The molecule has 4 rings (SSSR count). The van der Waals surface area contributed by atoms with E-state index in [1.807, 2.05) is 0 Å². The molecule has 0 saturated heterocycles. The van der Waals surface area contributed by atoms with Gasteiger partial charge in [-0.15, -0.1) is 0 Å². The minimum absolute atomic E-state index is 0.0431. The molecule has 0 heterocycles. The summed E-state index contributed by atoms with van der Waals surface area (Å²) in [5.74, 6) is 0. The van der Waals surface area contributed by atoms with Crippen molar-refractivity contribution in [2.45, 2.75) is 57.8 Å². The van der Waals surface area contributed by atoms with E-state index in [-0.39, 0.29) is 5.41 Å². The van der Waals surface area contributed by atoms with Crippen molar-refractivity contribution >= 4 is 6.29 Å². The summed E-state index contributed by atoms with van der Waals surface area (Å²) < 4.78 is 0. The molecule has 0 N–H and O–H groups in total. The average Bonchev–Trinajstić information content (AvgIpc) is 2.44. The molecule has 0 amide bonds. The first-order chi connectivity index (χ1) is 8.59. The van der Waals surface area contributed by atoms with Gasteiger partial charge in [-0.3, -0.25) is 0 Å². The van der Waals surface area contributed by atoms with Crippen molar-refractivity contribution < 1.29 is 4.79 Å². The quantitative estimate of drug-likeness (QED) is 0.714. The highest BCUT2D eigenvalue weighted by molar-refractivity contribution is 5.60. The van der Waals surface area contributed by atoms with E-state index in [2.05, 4.69) is 32.0 Å². The van der Waals surface area contributed by atoms with E-state index in [1.165, 1.54) is 42.2 Å². The Kier molecular flexibility index (Phi) is 2.62. The van der Waals surface area contributed by atoms with Gasteiger partial charge in [0.25, 0.3) is 0 Å². The predicted octanol–water partition coefficient (Wildman–Crippen LogP) is 4.09. The maximum atomic E-state index is 11.3. The number of benzene rings is 1. The van der Waals surface area contributed by atoms with Gasteiger partial charge in [0, 0.05) is 5.41 Å². The average molecular weight is 242 g/mol. The van der Waals surface area contributed by atoms with E-state index in [1.54, 1.807) is 0 Å². The summed E-state index contributed by atoms with van der Waals surface area (Å²) in [5, 5.41) is 0. The number of carbonyl (C=O) groups is 1. The van der Waals surface area contributed by atoms with E-state index >= 15 is 0 Å². The third-order valence-corrected chi connectivity index (χ3v) is 5.67. The lowest BCUT2D eigenvalue weighted by atomic mass is 9.52. The zero-order valence-corrected chi connectivity index (χ0v) is 11.5. The molecule has 1 nitrogen and oxygen atoms in total. The van der Waals surface area contributed by atoms with Crippen LogP contribution in [0.3, 0.4) is 0 Å². The summed E-state index contributed by atoms with van der Waals surface area (Å²) in [7, 11) is 0. The van der Waals surface area contributed by atoms with Crippen LogP contribution in [0.5, 0.6) is 0 Å². The lowest BCUT2D eigenvalue weighted by Crippen LogP contribution is -2.44. The van der Waals surface area contributed by atoms with Crippen molar-refractivity contribution in [2.24, 2.45) is 5.41 Å². The maximum absolute atomic E-state index is 11.3. The lowest BCUT2D eigenvalue weighted by Gasteiger charge is -2.51. The molecule has 0 unspecified atom stereocenters. The van der Waals surface area contributed by atoms with E-state index in [9.17, 15) is 4.79 Å². The van der Waals surface area contributed by atoms with Crippen LogP contribution in [0.25, 0.3) is 0 Å². The zero-order valence-electron chi connectivity index (χ0n) is 11.5. The minimum Gasteiger partial charge on any atom is -0.303 e. The second-order valence-corrected chi connectivity index (χ2v) is 6.56. The van der Waals surface area contributed by atoms with Gasteiger partial charge in [0.15, 0.2) is 0 Å². The fourth-order valence-electron chi connectivity index (χ4n) is 3.90. The second kappa shape index (κ2) is 3.94. The van der Waals surface area contributed by atoms with Crippen molar-refractivity contribution in [3.8, 4) is 0 Å². The van der Waals surface area contributed by atoms with Crippen LogP contribution in [0, 0.1) is 19.3 Å². The van der Waals surface area contributed by atoms with Gasteiger partial charge in [0.1, 0.15) is 6.29 Å². The van der Waals surface area contributed by atoms with Gasteiger partial charge in [-0.1, -0.05) is 18.2 Å². The zero-order chi connectivity index (χ0) is 12.8. The third-order valence-electron chi connectivity index (χ3n) is 5.67. The topological polar surface area (TPSA) is 17.1 Å². The molecule has 3 saturated carbocycles. The molecule has 0 atom stereocenters. The fourth-order valence-corrected chi connectivity index (χ4v) is 3.90. The summed E-state index contributed by atoms with van der Waals surface area (Å²) in [4.78, 5) is 11.3. The van der Waals surface area contributed by atoms with Crippen molar-refractivity contribution in [3.63, 3.8) is 0 Å². The molecule has 96 valence electrons. The molecular weight excluding hydrogens is 220 g/mol. The van der Waals surface area contributed by atoms with Crippen LogP contribution < -0.4 is 0 Å². The predicted molar refractivity (Wildman–Crippen MR) is 73.8 cm³/mol. The van der Waals surface area contributed by atoms with Crippen LogP contribution in [0.2, 0.25) is 0 Å². The molecule has 1 aromatic carbocycles. The van der Waals surface area contributed by atoms with Gasteiger partial charge in [-0.05, 0) is 74.5 Å². The molecule has 3 aliphatic rings. The Labute approximate surface area is 110 Å². The van der Waals surface area contributed by atoms with Gasteiger partial charge in [-0.2, -0.15) is 0 Å². The molecule has 1 aromatic rings. The van der Waals surface area contributed by atoms with Gasteiger partial charge in [-0.25, -0.2) is 0 Å². The summed E-state index contributed by atoms with van der Waals surface area (Å²) in [6, 6.07) is 6.96. The number of aryl methyl sites for hydroxylation is 2. The van der Waals surface area contributed by atoms with E-state index in [0.29, 0.717) is 5.41 Å². The minimum atomic E-state index is 0.0431. The first-order valence-corrected chi connectivity index (χ1v) is 7.13. The van der Waals surface area contributed by atoms with Crippen molar-refractivity contribution in [2.75, 3.05) is 0 Å². The smallest absolute Gasteiger partial charge is 0.126 e. The van der Waals surface area contributed by atoms with Crippen LogP contribution >= 0.6 is 0 Å². The van der Waals surface area contributed by atoms with Crippen molar-refractivity contribution in [1.29, 1.82) is 0 Å². The van der Waals surface area contributed by atoms with E-state index in [4.69, 9.17) is 0 Å². The van der Waals surface area contributed by atoms with E-state index in [0.717, 1.165) is 19.3 Å². The summed E-state index contributed by atoms with van der Waals surface area (Å²) in [6.07, 6.45) is 8.16. The standard InChI is InChI=1S/C17H22O/c1-13-3-4-15(11-14(13)2)17-8-5-16(12-18,6-9-17)7-10-17/h3-4,11-12H,5-10H2,1-2H3. The molecule has 3 aliphatic carbocycles. The summed E-state index contributed by atoms with van der Waals surface area (Å²) in [6.45, 7) is 4.38. The third kappa shape index (κ3) is 1.64. The highest BCUT2D eigenvalue weighted by Crippen LogP contribution is 2.56. The number of fused-ring (bicyclic) bond motifs is 3. The molecule has 2 bridgehead atoms. The largest absolute Gasteiger partial charge is 0.303 e. The molecular formula is C17H22O. The van der Waals surface area contributed by atoms with Gasteiger partial charge < -0.3 is 4.79 Å². The van der Waals surface area contributed by atoms with Crippen LogP contribution in [0.1, 0.15) is 55.2 Å². The molecule has 1 heteroatoms.